The van der Waals surface area contributed by atoms with Gasteiger partial charge in [-0.05, 0) is 48.0 Å². The Morgan fingerprint density at radius 1 is 1.04 bits per heavy atom. The summed E-state index contributed by atoms with van der Waals surface area (Å²) in [5.41, 5.74) is 2.82. The van der Waals surface area contributed by atoms with Gasteiger partial charge in [0.2, 0.25) is 10.0 Å². The number of nitriles is 1. The highest BCUT2D eigenvalue weighted by molar-refractivity contribution is 7.89. The van der Waals surface area contributed by atoms with Crippen LogP contribution in [0.3, 0.4) is 0 Å². The molecule has 0 saturated heterocycles. The summed E-state index contributed by atoms with van der Waals surface area (Å²) in [5.74, 6) is 0. The molecule has 1 N–H and O–H groups in total. The van der Waals surface area contributed by atoms with Crippen LogP contribution in [0.25, 0.3) is 11.3 Å². The van der Waals surface area contributed by atoms with Crippen LogP contribution in [0.5, 0.6) is 0 Å². The van der Waals surface area contributed by atoms with Crippen LogP contribution in [-0.4, -0.2) is 18.4 Å². The van der Waals surface area contributed by atoms with Gasteiger partial charge in [-0.25, -0.2) is 13.1 Å². The Labute approximate surface area is 145 Å². The molecule has 3 aromatic rings. The lowest BCUT2D eigenvalue weighted by Crippen LogP contribution is -2.23. The molecule has 0 spiro atoms. The summed E-state index contributed by atoms with van der Waals surface area (Å²) in [6, 6.07) is 15.1. The zero-order chi connectivity index (χ0) is 17.7. The fraction of sp³-hybridized carbons (Fsp3) is 0.0556. The molecule has 0 bridgehead atoms. The first-order chi connectivity index (χ1) is 12.1. The van der Waals surface area contributed by atoms with Crippen molar-refractivity contribution in [2.45, 2.75) is 11.4 Å². The van der Waals surface area contributed by atoms with Crippen LogP contribution in [0.1, 0.15) is 11.1 Å². The van der Waals surface area contributed by atoms with Crippen molar-refractivity contribution >= 4 is 10.0 Å². The predicted molar refractivity (Wildman–Crippen MR) is 92.7 cm³/mol. The van der Waals surface area contributed by atoms with Gasteiger partial charge in [-0.2, -0.15) is 5.26 Å². The van der Waals surface area contributed by atoms with Gasteiger partial charge in [0.05, 0.1) is 22.2 Å². The number of aromatic nitrogens is 2. The highest BCUT2D eigenvalue weighted by atomic mass is 32.2. The van der Waals surface area contributed by atoms with E-state index in [2.05, 4.69) is 14.7 Å². The number of nitrogens with one attached hydrogen (secondary N) is 1. The monoisotopic (exact) mass is 350 g/mol. The van der Waals surface area contributed by atoms with E-state index in [4.69, 9.17) is 5.26 Å². The summed E-state index contributed by atoms with van der Waals surface area (Å²) in [4.78, 5) is 8.50. The first-order valence-electron chi connectivity index (χ1n) is 7.44. The number of nitrogens with zero attached hydrogens (tertiary/aromatic N) is 3. The Bertz CT molecular complexity index is 994. The average Bonchev–Trinajstić information content (AvgIpc) is 2.67. The van der Waals surface area contributed by atoms with Gasteiger partial charge in [0.15, 0.2) is 0 Å². The molecule has 0 atom stereocenters. The maximum Gasteiger partial charge on any atom is 0.240 e. The van der Waals surface area contributed by atoms with Gasteiger partial charge in [-0.1, -0.05) is 6.07 Å². The highest BCUT2D eigenvalue weighted by Gasteiger charge is 2.13. The maximum atomic E-state index is 12.3. The summed E-state index contributed by atoms with van der Waals surface area (Å²) in [6.45, 7) is 0.128. The summed E-state index contributed by atoms with van der Waals surface area (Å²) >= 11 is 0. The molecule has 2 heterocycles. The predicted octanol–water partition coefficient (Wildman–Crippen LogP) is 2.49. The van der Waals surface area contributed by atoms with Crippen LogP contribution in [-0.2, 0) is 16.6 Å². The lowest BCUT2D eigenvalue weighted by Gasteiger charge is -2.07. The Morgan fingerprint density at radius 3 is 2.44 bits per heavy atom. The summed E-state index contributed by atoms with van der Waals surface area (Å²) < 4.78 is 27.1. The molecule has 0 saturated carbocycles. The third kappa shape index (κ3) is 4.07. The fourth-order valence-electron chi connectivity index (χ4n) is 2.18. The Morgan fingerprint density at radius 2 is 1.84 bits per heavy atom. The Balaban J connectivity index is 1.69. The van der Waals surface area contributed by atoms with Gasteiger partial charge in [-0.15, -0.1) is 0 Å². The van der Waals surface area contributed by atoms with Crippen molar-refractivity contribution in [2.75, 3.05) is 0 Å². The first kappa shape index (κ1) is 16.8. The Hall–Kier alpha value is -3.08. The summed E-state index contributed by atoms with van der Waals surface area (Å²) in [7, 11) is -3.64. The third-order valence-electron chi connectivity index (χ3n) is 3.54. The second-order valence-electron chi connectivity index (χ2n) is 5.25. The lowest BCUT2D eigenvalue weighted by molar-refractivity contribution is 0.581. The van der Waals surface area contributed by atoms with Crippen molar-refractivity contribution in [3.63, 3.8) is 0 Å². The molecule has 0 radical (unpaired) electrons. The normalized spacial score (nSPS) is 11.0. The maximum absolute atomic E-state index is 12.3. The van der Waals surface area contributed by atoms with Crippen molar-refractivity contribution < 1.29 is 8.42 Å². The van der Waals surface area contributed by atoms with E-state index in [1.54, 1.807) is 18.6 Å². The van der Waals surface area contributed by atoms with Crippen molar-refractivity contribution in [1.29, 1.82) is 5.26 Å². The van der Waals surface area contributed by atoms with E-state index in [9.17, 15) is 8.42 Å². The Kier molecular flexibility index (Phi) is 4.84. The summed E-state index contributed by atoms with van der Waals surface area (Å²) in [5, 5.41) is 8.76. The molecule has 1 aromatic carbocycles. The molecule has 0 amide bonds. The number of pyridine rings is 2. The molecule has 7 heteroatoms. The van der Waals surface area contributed by atoms with E-state index in [-0.39, 0.29) is 11.4 Å². The van der Waals surface area contributed by atoms with Crippen LogP contribution >= 0.6 is 0 Å². The van der Waals surface area contributed by atoms with Gasteiger partial charge < -0.3 is 0 Å². The van der Waals surface area contributed by atoms with Gasteiger partial charge in [0.1, 0.15) is 0 Å². The van der Waals surface area contributed by atoms with E-state index in [1.807, 2.05) is 30.3 Å². The van der Waals surface area contributed by atoms with Gasteiger partial charge in [0, 0.05) is 30.7 Å². The van der Waals surface area contributed by atoms with Gasteiger partial charge >= 0.3 is 0 Å². The number of hydrogen-bond donors (Lipinski definition) is 1. The van der Waals surface area contributed by atoms with E-state index < -0.39 is 10.0 Å². The van der Waals surface area contributed by atoms with E-state index in [0.717, 1.165) is 16.8 Å². The summed E-state index contributed by atoms with van der Waals surface area (Å²) in [6.07, 6.45) is 5.04. The van der Waals surface area contributed by atoms with Crippen molar-refractivity contribution in [3.8, 4) is 17.3 Å². The zero-order valence-electron chi connectivity index (χ0n) is 13.1. The molecular weight excluding hydrogens is 336 g/mol. The molecule has 124 valence electrons. The van der Waals surface area contributed by atoms with Crippen molar-refractivity contribution in [2.24, 2.45) is 0 Å². The molecule has 6 nitrogen and oxygen atoms in total. The van der Waals surface area contributed by atoms with Crippen LogP contribution in [0.15, 0.2) is 72.0 Å². The smallest absolute Gasteiger partial charge is 0.240 e. The van der Waals surface area contributed by atoms with Crippen LogP contribution in [0, 0.1) is 11.3 Å². The van der Waals surface area contributed by atoms with Gasteiger partial charge in [0.25, 0.3) is 0 Å². The molecule has 0 aliphatic heterocycles. The minimum Gasteiger partial charge on any atom is -0.264 e. The lowest BCUT2D eigenvalue weighted by atomic mass is 10.1. The van der Waals surface area contributed by atoms with Crippen molar-refractivity contribution in [3.05, 3.63) is 78.2 Å². The van der Waals surface area contributed by atoms with E-state index >= 15 is 0 Å². The third-order valence-corrected chi connectivity index (χ3v) is 4.96. The van der Waals surface area contributed by atoms with Gasteiger partial charge in [-0.3, -0.25) is 9.97 Å². The second kappa shape index (κ2) is 7.21. The molecule has 0 aliphatic rings. The molecule has 3 rings (SSSR count). The zero-order valence-corrected chi connectivity index (χ0v) is 13.9. The highest BCUT2D eigenvalue weighted by Crippen LogP contribution is 2.16. The number of rotatable bonds is 5. The topological polar surface area (TPSA) is 95.7 Å². The van der Waals surface area contributed by atoms with Crippen LogP contribution in [0.4, 0.5) is 0 Å². The number of hydrogen-bond acceptors (Lipinski definition) is 5. The first-order valence-corrected chi connectivity index (χ1v) is 8.92. The quantitative estimate of drug-likeness (QED) is 0.763. The van der Waals surface area contributed by atoms with Crippen LogP contribution < -0.4 is 4.72 Å². The minimum absolute atomic E-state index is 0.117. The molecule has 25 heavy (non-hydrogen) atoms. The average molecular weight is 350 g/mol. The standard InChI is InChI=1S/C18H14N4O2S/c19-10-14-3-6-17(7-4-14)25(23,24)22-12-15-5-8-18(21-11-15)16-2-1-9-20-13-16/h1-9,11,13,22H,12H2. The largest absolute Gasteiger partial charge is 0.264 e. The van der Waals surface area contributed by atoms with Crippen molar-refractivity contribution in [1.82, 2.24) is 14.7 Å². The SMILES string of the molecule is N#Cc1ccc(S(=O)(=O)NCc2ccc(-c3cccnc3)nc2)cc1. The van der Waals surface area contributed by atoms with Crippen LogP contribution in [0.2, 0.25) is 0 Å². The second-order valence-corrected chi connectivity index (χ2v) is 7.02. The molecule has 0 fully saturated rings. The molecule has 2 aromatic heterocycles. The molecule has 0 unspecified atom stereocenters. The fourth-order valence-corrected chi connectivity index (χ4v) is 3.20. The van der Waals surface area contributed by atoms with E-state index in [1.165, 1.54) is 24.3 Å². The minimum atomic E-state index is -3.64. The van der Waals surface area contributed by atoms with E-state index in [0.29, 0.717) is 5.56 Å². The number of benzene rings is 1. The molecule has 0 aliphatic carbocycles. The molecular formula is C18H14N4O2S. The number of sulfonamides is 1.